The van der Waals surface area contributed by atoms with Gasteiger partial charge in [-0.05, 0) is 26.3 Å². The summed E-state index contributed by atoms with van der Waals surface area (Å²) in [5.41, 5.74) is 0.728. The lowest BCUT2D eigenvalue weighted by Gasteiger charge is -2.34. The molecule has 2 amide bonds. The van der Waals surface area contributed by atoms with Gasteiger partial charge in [0.2, 0.25) is 5.91 Å². The van der Waals surface area contributed by atoms with Crippen molar-refractivity contribution in [2.45, 2.75) is 33.2 Å². The summed E-state index contributed by atoms with van der Waals surface area (Å²) in [5, 5.41) is 6.16. The van der Waals surface area contributed by atoms with Gasteiger partial charge in [-0.2, -0.15) is 5.10 Å². The van der Waals surface area contributed by atoms with E-state index in [9.17, 15) is 14.4 Å². The Balaban J connectivity index is 1.38. The zero-order valence-corrected chi connectivity index (χ0v) is 18.6. The molecular formula is C22H26N4O4S. The molecule has 0 aliphatic carbocycles. The Morgan fingerprint density at radius 1 is 1.13 bits per heavy atom. The van der Waals surface area contributed by atoms with Crippen LogP contribution in [-0.2, 0) is 16.1 Å². The number of carbonyl (C=O) groups is 2. The molecule has 1 aromatic carbocycles. The minimum Gasteiger partial charge on any atom is -0.450 e. The van der Waals surface area contributed by atoms with Gasteiger partial charge in [-0.3, -0.25) is 9.59 Å². The molecule has 1 fully saturated rings. The summed E-state index contributed by atoms with van der Waals surface area (Å²) < 4.78 is 8.50. The van der Waals surface area contributed by atoms with E-state index in [1.165, 1.54) is 4.68 Å². The van der Waals surface area contributed by atoms with Gasteiger partial charge < -0.3 is 14.5 Å². The van der Waals surface area contributed by atoms with Gasteiger partial charge in [0.15, 0.2) is 0 Å². The van der Waals surface area contributed by atoms with Crippen molar-refractivity contribution >= 4 is 43.5 Å². The summed E-state index contributed by atoms with van der Waals surface area (Å²) >= 11 is 1.59. The highest BCUT2D eigenvalue weighted by Gasteiger charge is 2.24. The number of amides is 2. The summed E-state index contributed by atoms with van der Waals surface area (Å²) in [5.74, 6) is 0.0374. The van der Waals surface area contributed by atoms with Gasteiger partial charge in [-0.1, -0.05) is 18.2 Å². The first-order valence-electron chi connectivity index (χ1n) is 10.6. The molecule has 1 aliphatic heterocycles. The van der Waals surface area contributed by atoms with E-state index in [0.29, 0.717) is 52.2 Å². The van der Waals surface area contributed by atoms with Gasteiger partial charge in [0.05, 0.1) is 22.4 Å². The molecule has 0 atom stereocenters. The quantitative estimate of drug-likeness (QED) is 0.606. The van der Waals surface area contributed by atoms with E-state index in [4.69, 9.17) is 4.74 Å². The van der Waals surface area contributed by atoms with Crippen molar-refractivity contribution in [3.63, 3.8) is 0 Å². The van der Waals surface area contributed by atoms with Crippen LogP contribution >= 0.6 is 11.3 Å². The number of carbonyl (C=O) groups excluding carboxylic acids is 2. The maximum atomic E-state index is 13.0. The van der Waals surface area contributed by atoms with Crippen LogP contribution in [0.3, 0.4) is 0 Å². The molecule has 1 aliphatic rings. The smallest absolute Gasteiger partial charge is 0.409 e. The van der Waals surface area contributed by atoms with Gasteiger partial charge in [0.25, 0.3) is 5.56 Å². The van der Waals surface area contributed by atoms with Crippen molar-refractivity contribution in [2.24, 2.45) is 0 Å². The molecule has 0 spiro atoms. The second-order valence-corrected chi connectivity index (χ2v) is 8.64. The largest absolute Gasteiger partial charge is 0.450 e. The lowest BCUT2D eigenvalue weighted by molar-refractivity contribution is -0.132. The number of hydrogen-bond donors (Lipinski definition) is 0. The Kier molecular flexibility index (Phi) is 6.22. The molecule has 3 heterocycles. The molecule has 1 saturated heterocycles. The summed E-state index contributed by atoms with van der Waals surface area (Å²) in [6, 6.07) is 7.90. The third kappa shape index (κ3) is 4.27. The van der Waals surface area contributed by atoms with Crippen LogP contribution in [-0.4, -0.2) is 64.4 Å². The first-order chi connectivity index (χ1) is 15.0. The summed E-state index contributed by atoms with van der Waals surface area (Å²) in [7, 11) is 0. The molecule has 0 unspecified atom stereocenters. The SMILES string of the molecule is CCOC(=O)N1CCN(C(=O)CCCn2nc(C)c3sc4ccccc4c3c2=O)CC1. The Morgan fingerprint density at radius 3 is 2.58 bits per heavy atom. The van der Waals surface area contributed by atoms with Crippen molar-refractivity contribution in [3.05, 3.63) is 40.3 Å². The van der Waals surface area contributed by atoms with Crippen LogP contribution in [0.25, 0.3) is 20.2 Å². The van der Waals surface area contributed by atoms with E-state index in [1.54, 1.807) is 28.1 Å². The number of benzene rings is 1. The molecule has 8 nitrogen and oxygen atoms in total. The normalized spacial score (nSPS) is 14.4. The number of rotatable bonds is 5. The number of piperazine rings is 1. The van der Waals surface area contributed by atoms with Gasteiger partial charge in [0.1, 0.15) is 0 Å². The van der Waals surface area contributed by atoms with Gasteiger partial charge in [0, 0.05) is 49.2 Å². The van der Waals surface area contributed by atoms with Crippen LogP contribution in [0.1, 0.15) is 25.5 Å². The maximum Gasteiger partial charge on any atom is 0.409 e. The highest BCUT2D eigenvalue weighted by atomic mass is 32.1. The lowest BCUT2D eigenvalue weighted by Crippen LogP contribution is -2.50. The summed E-state index contributed by atoms with van der Waals surface area (Å²) in [4.78, 5) is 40.8. The first kappa shape index (κ1) is 21.3. The molecule has 164 valence electrons. The number of ether oxygens (including phenoxy) is 1. The van der Waals surface area contributed by atoms with Crippen LogP contribution < -0.4 is 5.56 Å². The highest BCUT2D eigenvalue weighted by molar-refractivity contribution is 7.26. The van der Waals surface area contributed by atoms with E-state index in [0.717, 1.165) is 25.9 Å². The zero-order valence-electron chi connectivity index (χ0n) is 17.8. The predicted octanol–water partition coefficient (Wildman–Crippen LogP) is 3.00. The third-order valence-electron chi connectivity index (χ3n) is 5.56. The van der Waals surface area contributed by atoms with E-state index in [2.05, 4.69) is 5.10 Å². The Hall–Kier alpha value is -2.94. The van der Waals surface area contributed by atoms with Crippen molar-refractivity contribution in [1.82, 2.24) is 19.6 Å². The molecule has 9 heteroatoms. The van der Waals surface area contributed by atoms with Gasteiger partial charge >= 0.3 is 6.09 Å². The van der Waals surface area contributed by atoms with Crippen LogP contribution in [0.5, 0.6) is 0 Å². The standard InChI is InChI=1S/C22H26N4O4S/c1-3-30-22(29)25-13-11-24(12-14-25)18(27)9-6-10-26-21(28)19-16-7-4-5-8-17(16)31-20(19)15(2)23-26/h4-5,7-8H,3,6,9-14H2,1-2H3. The zero-order chi connectivity index (χ0) is 22.0. The molecule has 31 heavy (non-hydrogen) atoms. The van der Waals surface area contributed by atoms with E-state index in [-0.39, 0.29) is 17.6 Å². The number of fused-ring (bicyclic) bond motifs is 3. The van der Waals surface area contributed by atoms with Crippen LogP contribution in [0.2, 0.25) is 0 Å². The van der Waals surface area contributed by atoms with Crippen molar-refractivity contribution in [1.29, 1.82) is 0 Å². The van der Waals surface area contributed by atoms with E-state index >= 15 is 0 Å². The Morgan fingerprint density at radius 2 is 1.84 bits per heavy atom. The minimum absolute atomic E-state index is 0.0374. The first-order valence-corrected chi connectivity index (χ1v) is 11.4. The Labute approximate surface area is 184 Å². The molecule has 0 saturated carbocycles. The second kappa shape index (κ2) is 9.05. The number of hydrogen-bond acceptors (Lipinski definition) is 6. The molecular weight excluding hydrogens is 416 g/mol. The lowest BCUT2D eigenvalue weighted by atomic mass is 10.2. The second-order valence-electron chi connectivity index (χ2n) is 7.59. The number of thiophene rings is 1. The fourth-order valence-electron chi connectivity index (χ4n) is 3.96. The minimum atomic E-state index is -0.327. The van der Waals surface area contributed by atoms with Crippen LogP contribution in [0.4, 0.5) is 4.79 Å². The van der Waals surface area contributed by atoms with Gasteiger partial charge in [-0.15, -0.1) is 11.3 Å². The fraction of sp³-hybridized carbons (Fsp3) is 0.455. The van der Waals surface area contributed by atoms with Gasteiger partial charge in [-0.25, -0.2) is 9.48 Å². The molecule has 2 aromatic heterocycles. The number of aryl methyl sites for hydroxylation is 2. The fourth-order valence-corrected chi connectivity index (χ4v) is 5.09. The number of nitrogens with zero attached hydrogens (tertiary/aromatic N) is 4. The van der Waals surface area contributed by atoms with Crippen LogP contribution in [0.15, 0.2) is 29.1 Å². The molecule has 0 bridgehead atoms. The summed E-state index contributed by atoms with van der Waals surface area (Å²) in [6.07, 6.45) is 0.554. The van der Waals surface area contributed by atoms with Crippen LogP contribution in [0, 0.1) is 6.92 Å². The van der Waals surface area contributed by atoms with Crippen molar-refractivity contribution in [3.8, 4) is 0 Å². The molecule has 0 radical (unpaired) electrons. The Bertz CT molecular complexity index is 1180. The maximum absolute atomic E-state index is 13.0. The van der Waals surface area contributed by atoms with E-state index in [1.807, 2.05) is 31.2 Å². The topological polar surface area (TPSA) is 84.7 Å². The number of aromatic nitrogens is 2. The average Bonchev–Trinajstić information content (AvgIpc) is 3.18. The molecule has 0 N–H and O–H groups in total. The van der Waals surface area contributed by atoms with Crippen molar-refractivity contribution < 1.29 is 14.3 Å². The predicted molar refractivity (Wildman–Crippen MR) is 121 cm³/mol. The summed E-state index contributed by atoms with van der Waals surface area (Å²) in [6.45, 7) is 6.40. The third-order valence-corrected chi connectivity index (χ3v) is 6.84. The molecule has 3 aromatic rings. The highest BCUT2D eigenvalue weighted by Crippen LogP contribution is 2.32. The average molecular weight is 443 g/mol. The van der Waals surface area contributed by atoms with E-state index < -0.39 is 0 Å². The van der Waals surface area contributed by atoms with Crippen molar-refractivity contribution in [2.75, 3.05) is 32.8 Å². The monoisotopic (exact) mass is 442 g/mol. The molecule has 4 rings (SSSR count).